The maximum Gasteiger partial charge on any atom is 0.224 e. The van der Waals surface area contributed by atoms with Gasteiger partial charge in [-0.1, -0.05) is 12.1 Å². The first kappa shape index (κ1) is 17.0. The van der Waals surface area contributed by atoms with Gasteiger partial charge < -0.3 is 10.2 Å². The van der Waals surface area contributed by atoms with E-state index in [1.807, 2.05) is 30.0 Å². The Balaban J connectivity index is 1.73. The van der Waals surface area contributed by atoms with Crippen LogP contribution in [0.25, 0.3) is 0 Å². The number of carbonyl (C=O) groups is 1. The molecule has 3 heterocycles. The number of benzene rings is 1. The molecule has 6 nitrogen and oxygen atoms in total. The molecule has 0 spiro atoms. The Morgan fingerprint density at radius 3 is 2.77 bits per heavy atom. The predicted molar refractivity (Wildman–Crippen MR) is 103 cm³/mol. The summed E-state index contributed by atoms with van der Waals surface area (Å²) in [4.78, 5) is 18.7. The second-order valence-corrected chi connectivity index (χ2v) is 7.23. The van der Waals surface area contributed by atoms with Gasteiger partial charge in [0.05, 0.1) is 12.1 Å². The molecule has 3 unspecified atom stereocenters. The second-order valence-electron chi connectivity index (χ2n) is 7.23. The number of nitrogens with one attached hydrogen (secondary N) is 3. The summed E-state index contributed by atoms with van der Waals surface area (Å²) in [7, 11) is 0. The van der Waals surface area contributed by atoms with Crippen LogP contribution in [0.2, 0.25) is 0 Å². The third-order valence-corrected chi connectivity index (χ3v) is 5.24. The standard InChI is InChI=1S/C20H25N5O/c1-12-5-4-6-20(22-12)23-17-9-13(2)25(14(3)26)19-8-7-15(10-16(17)19)18-11-21-24-18/h4-8,10,13,17-18,21,24H,9,11H2,1-3H3,(H,22,23). The van der Waals surface area contributed by atoms with E-state index in [1.54, 1.807) is 6.92 Å². The van der Waals surface area contributed by atoms with Crippen molar-refractivity contribution in [1.82, 2.24) is 15.8 Å². The van der Waals surface area contributed by atoms with E-state index in [-0.39, 0.29) is 18.0 Å². The van der Waals surface area contributed by atoms with Crippen LogP contribution in [0, 0.1) is 6.92 Å². The highest BCUT2D eigenvalue weighted by atomic mass is 16.2. The van der Waals surface area contributed by atoms with Crippen LogP contribution >= 0.6 is 0 Å². The van der Waals surface area contributed by atoms with Crippen LogP contribution < -0.4 is 21.1 Å². The fourth-order valence-electron chi connectivity index (χ4n) is 3.92. The number of carbonyl (C=O) groups excluding carboxylic acids is 1. The van der Waals surface area contributed by atoms with Gasteiger partial charge in [0.25, 0.3) is 0 Å². The number of pyridine rings is 1. The Kier molecular flexibility index (Phi) is 4.38. The molecule has 4 rings (SSSR count). The molecular weight excluding hydrogens is 326 g/mol. The van der Waals surface area contributed by atoms with E-state index in [0.29, 0.717) is 6.04 Å². The van der Waals surface area contributed by atoms with Gasteiger partial charge in [0.2, 0.25) is 5.91 Å². The molecule has 6 heteroatoms. The van der Waals surface area contributed by atoms with Gasteiger partial charge in [-0.05, 0) is 55.7 Å². The van der Waals surface area contributed by atoms with Gasteiger partial charge in [0.1, 0.15) is 5.82 Å². The van der Waals surface area contributed by atoms with Crippen molar-refractivity contribution in [3.05, 3.63) is 53.2 Å². The molecule has 136 valence electrons. The van der Waals surface area contributed by atoms with Crippen LogP contribution in [0.1, 0.15) is 49.2 Å². The van der Waals surface area contributed by atoms with Crippen molar-refractivity contribution in [3.8, 4) is 0 Å². The molecule has 1 aromatic carbocycles. The van der Waals surface area contributed by atoms with Gasteiger partial charge in [-0.15, -0.1) is 0 Å². The minimum absolute atomic E-state index is 0.0852. The number of hydrogen-bond donors (Lipinski definition) is 3. The van der Waals surface area contributed by atoms with Crippen molar-refractivity contribution in [2.75, 3.05) is 16.8 Å². The van der Waals surface area contributed by atoms with Gasteiger partial charge in [0.15, 0.2) is 0 Å². The molecule has 1 aromatic heterocycles. The van der Waals surface area contributed by atoms with Gasteiger partial charge in [-0.25, -0.2) is 10.4 Å². The third kappa shape index (κ3) is 3.06. The minimum Gasteiger partial charge on any atom is -0.363 e. The molecule has 3 N–H and O–H groups in total. The van der Waals surface area contributed by atoms with E-state index >= 15 is 0 Å². The van der Waals surface area contributed by atoms with Crippen LogP contribution in [-0.2, 0) is 4.79 Å². The number of hydrogen-bond acceptors (Lipinski definition) is 5. The average molecular weight is 351 g/mol. The minimum atomic E-state index is 0.0852. The lowest BCUT2D eigenvalue weighted by Crippen LogP contribution is -2.52. The highest BCUT2D eigenvalue weighted by molar-refractivity contribution is 5.93. The quantitative estimate of drug-likeness (QED) is 0.793. The topological polar surface area (TPSA) is 69.3 Å². The molecule has 2 aliphatic rings. The van der Waals surface area contributed by atoms with Crippen molar-refractivity contribution in [3.63, 3.8) is 0 Å². The lowest BCUT2D eigenvalue weighted by atomic mass is 9.88. The van der Waals surface area contributed by atoms with Crippen molar-refractivity contribution < 1.29 is 4.79 Å². The molecule has 2 aliphatic heterocycles. The van der Waals surface area contributed by atoms with Gasteiger partial charge >= 0.3 is 0 Å². The summed E-state index contributed by atoms with van der Waals surface area (Å²) in [5, 5.41) is 3.58. The number of anilines is 2. The number of aryl methyl sites for hydroxylation is 1. The zero-order valence-electron chi connectivity index (χ0n) is 15.4. The van der Waals surface area contributed by atoms with Crippen molar-refractivity contribution >= 4 is 17.4 Å². The summed E-state index contributed by atoms with van der Waals surface area (Å²) in [5.41, 5.74) is 10.7. The zero-order valence-corrected chi connectivity index (χ0v) is 15.4. The predicted octanol–water partition coefficient (Wildman–Crippen LogP) is 2.84. The highest BCUT2D eigenvalue weighted by Gasteiger charge is 2.33. The molecule has 26 heavy (non-hydrogen) atoms. The summed E-state index contributed by atoms with van der Waals surface area (Å²) >= 11 is 0. The summed E-state index contributed by atoms with van der Waals surface area (Å²) < 4.78 is 0. The molecule has 1 amide bonds. The lowest BCUT2D eigenvalue weighted by Gasteiger charge is -2.40. The van der Waals surface area contributed by atoms with Crippen LogP contribution in [0.3, 0.4) is 0 Å². The number of hydrazine groups is 1. The van der Waals surface area contributed by atoms with E-state index in [1.165, 1.54) is 5.56 Å². The average Bonchev–Trinajstić information content (AvgIpc) is 2.53. The number of aromatic nitrogens is 1. The SMILES string of the molecule is CC(=O)N1c2ccc(C3CNN3)cc2C(Nc2cccc(C)n2)CC1C. The summed E-state index contributed by atoms with van der Waals surface area (Å²) in [6.07, 6.45) is 0.849. The normalized spacial score (nSPS) is 24.6. The number of amides is 1. The maximum absolute atomic E-state index is 12.2. The van der Waals surface area contributed by atoms with Crippen molar-refractivity contribution in [2.45, 2.75) is 45.3 Å². The first-order valence-corrected chi connectivity index (χ1v) is 9.15. The van der Waals surface area contributed by atoms with Crippen LogP contribution in [-0.4, -0.2) is 23.5 Å². The van der Waals surface area contributed by atoms with E-state index in [0.717, 1.165) is 35.7 Å². The Labute approximate surface area is 154 Å². The summed E-state index contributed by atoms with van der Waals surface area (Å²) in [6, 6.07) is 13.0. The van der Waals surface area contributed by atoms with E-state index < -0.39 is 0 Å². The van der Waals surface area contributed by atoms with E-state index in [4.69, 9.17) is 0 Å². The smallest absolute Gasteiger partial charge is 0.224 e. The second kappa shape index (κ2) is 6.70. The molecular formula is C20H25N5O. The van der Waals surface area contributed by atoms with Gasteiger partial charge in [-0.3, -0.25) is 10.2 Å². The molecule has 1 fully saturated rings. The fourth-order valence-corrected chi connectivity index (χ4v) is 3.92. The molecule has 3 atom stereocenters. The Bertz CT molecular complexity index is 833. The highest BCUT2D eigenvalue weighted by Crippen LogP contribution is 2.40. The Morgan fingerprint density at radius 1 is 1.31 bits per heavy atom. The Hall–Kier alpha value is -2.44. The molecule has 2 aromatic rings. The molecule has 0 bridgehead atoms. The molecule has 0 saturated carbocycles. The lowest BCUT2D eigenvalue weighted by molar-refractivity contribution is -0.117. The molecule has 0 aliphatic carbocycles. The third-order valence-electron chi connectivity index (χ3n) is 5.24. The first-order chi connectivity index (χ1) is 12.5. The maximum atomic E-state index is 12.2. The Morgan fingerprint density at radius 2 is 2.12 bits per heavy atom. The number of nitrogens with zero attached hydrogens (tertiary/aromatic N) is 2. The van der Waals surface area contributed by atoms with Gasteiger partial charge in [-0.2, -0.15) is 0 Å². The molecule has 0 radical (unpaired) electrons. The zero-order chi connectivity index (χ0) is 18.3. The number of rotatable bonds is 3. The van der Waals surface area contributed by atoms with Crippen molar-refractivity contribution in [2.24, 2.45) is 0 Å². The largest absolute Gasteiger partial charge is 0.363 e. The first-order valence-electron chi connectivity index (χ1n) is 9.15. The van der Waals surface area contributed by atoms with Crippen LogP contribution in [0.15, 0.2) is 36.4 Å². The summed E-state index contributed by atoms with van der Waals surface area (Å²) in [5.74, 6) is 0.959. The monoisotopic (exact) mass is 351 g/mol. The fraction of sp³-hybridized carbons (Fsp3) is 0.400. The van der Waals surface area contributed by atoms with Crippen LogP contribution in [0.4, 0.5) is 11.5 Å². The number of fused-ring (bicyclic) bond motifs is 1. The van der Waals surface area contributed by atoms with Crippen molar-refractivity contribution in [1.29, 1.82) is 0 Å². The van der Waals surface area contributed by atoms with E-state index in [9.17, 15) is 4.79 Å². The van der Waals surface area contributed by atoms with Gasteiger partial charge in [0, 0.05) is 30.9 Å². The van der Waals surface area contributed by atoms with Crippen LogP contribution in [0.5, 0.6) is 0 Å². The molecule has 1 saturated heterocycles. The van der Waals surface area contributed by atoms with E-state index in [2.05, 4.69) is 46.3 Å². The summed E-state index contributed by atoms with van der Waals surface area (Å²) in [6.45, 7) is 6.66.